The summed E-state index contributed by atoms with van der Waals surface area (Å²) >= 11 is 0. The molecular weight excluding hydrogens is 264 g/mol. The van der Waals surface area contributed by atoms with Gasteiger partial charge in [-0.2, -0.15) is 5.10 Å². The fourth-order valence-electron chi connectivity index (χ4n) is 2.49. The number of aromatic amines is 1. The van der Waals surface area contributed by atoms with Crippen molar-refractivity contribution < 1.29 is 4.79 Å². The lowest BCUT2D eigenvalue weighted by atomic mass is 10.2. The number of nitrogens with two attached hydrogens (primary N) is 1. The number of amides is 1. The molecule has 0 spiro atoms. The van der Waals surface area contributed by atoms with Gasteiger partial charge in [0, 0.05) is 12.6 Å². The first kappa shape index (κ1) is 13.7. The Morgan fingerprint density at radius 3 is 2.67 bits per heavy atom. The Labute approximate surface area is 124 Å². The molecule has 1 heterocycles. The van der Waals surface area contributed by atoms with Gasteiger partial charge in [-0.3, -0.25) is 9.89 Å². The lowest BCUT2D eigenvalue weighted by Crippen LogP contribution is -2.33. The average molecular weight is 284 g/mol. The van der Waals surface area contributed by atoms with Gasteiger partial charge in [0.25, 0.3) is 5.91 Å². The van der Waals surface area contributed by atoms with Crippen LogP contribution in [0.1, 0.15) is 41.5 Å². The van der Waals surface area contributed by atoms with Gasteiger partial charge in [-0.25, -0.2) is 0 Å². The molecule has 0 atom stereocenters. The summed E-state index contributed by atoms with van der Waals surface area (Å²) in [4.78, 5) is 14.6. The normalized spacial score (nSPS) is 14.1. The van der Waals surface area contributed by atoms with Crippen LogP contribution in [0.15, 0.2) is 30.3 Å². The summed E-state index contributed by atoms with van der Waals surface area (Å²) < 4.78 is 0. The summed E-state index contributed by atoms with van der Waals surface area (Å²) in [7, 11) is 0. The predicted octanol–water partition coefficient (Wildman–Crippen LogP) is 2.36. The summed E-state index contributed by atoms with van der Waals surface area (Å²) in [5, 5.41) is 6.98. The van der Waals surface area contributed by atoms with Crippen LogP contribution in [0.2, 0.25) is 0 Å². The van der Waals surface area contributed by atoms with Gasteiger partial charge in [0.05, 0.1) is 11.4 Å². The van der Waals surface area contributed by atoms with Crippen LogP contribution < -0.4 is 5.73 Å². The number of anilines is 1. The van der Waals surface area contributed by atoms with Crippen LogP contribution >= 0.6 is 0 Å². The van der Waals surface area contributed by atoms with E-state index in [1.54, 1.807) is 0 Å². The van der Waals surface area contributed by atoms with Crippen LogP contribution in [0.5, 0.6) is 0 Å². The first-order valence-corrected chi connectivity index (χ1v) is 7.38. The molecule has 0 saturated heterocycles. The minimum atomic E-state index is -0.0743. The molecule has 1 amide bonds. The first-order chi connectivity index (χ1) is 10.2. The lowest BCUT2D eigenvalue weighted by Gasteiger charge is -2.21. The van der Waals surface area contributed by atoms with E-state index in [9.17, 15) is 4.79 Å². The second kappa shape index (κ2) is 5.60. The molecule has 2 aromatic rings. The largest absolute Gasteiger partial charge is 0.395 e. The van der Waals surface area contributed by atoms with E-state index in [1.165, 1.54) is 0 Å². The molecule has 1 aliphatic carbocycles. The number of hydrogen-bond donors (Lipinski definition) is 2. The van der Waals surface area contributed by atoms with Crippen LogP contribution in [0.3, 0.4) is 0 Å². The smallest absolute Gasteiger partial charge is 0.277 e. The Kier molecular flexibility index (Phi) is 3.64. The van der Waals surface area contributed by atoms with Gasteiger partial charge in [0.1, 0.15) is 0 Å². The zero-order valence-corrected chi connectivity index (χ0v) is 12.2. The van der Waals surface area contributed by atoms with Crippen molar-refractivity contribution in [1.29, 1.82) is 0 Å². The Morgan fingerprint density at radius 1 is 1.38 bits per heavy atom. The predicted molar refractivity (Wildman–Crippen MR) is 81.7 cm³/mol. The number of hydrogen-bond acceptors (Lipinski definition) is 3. The quantitative estimate of drug-likeness (QED) is 0.885. The Hall–Kier alpha value is -2.30. The van der Waals surface area contributed by atoms with Crippen molar-refractivity contribution in [3.05, 3.63) is 47.3 Å². The molecule has 110 valence electrons. The molecule has 1 aliphatic rings. The van der Waals surface area contributed by atoms with E-state index in [1.807, 2.05) is 42.2 Å². The lowest BCUT2D eigenvalue weighted by molar-refractivity contribution is 0.0725. The molecular formula is C16H20N4O. The summed E-state index contributed by atoms with van der Waals surface area (Å²) in [6.07, 6.45) is 2.86. The van der Waals surface area contributed by atoms with Crippen LogP contribution in [-0.4, -0.2) is 27.0 Å². The zero-order chi connectivity index (χ0) is 14.8. The standard InChI is InChI=1S/C16H20N4O/c1-2-13-14(17)15(19-18-13)16(21)20(12-8-9-12)10-11-6-4-3-5-7-11/h3-7,12H,2,8-10,17H2,1H3,(H,18,19). The average Bonchev–Trinajstić information content (AvgIpc) is 3.28. The van der Waals surface area contributed by atoms with E-state index in [-0.39, 0.29) is 5.91 Å². The second-order valence-electron chi connectivity index (χ2n) is 5.47. The van der Waals surface area contributed by atoms with E-state index < -0.39 is 0 Å². The highest BCUT2D eigenvalue weighted by Gasteiger charge is 2.35. The summed E-state index contributed by atoms with van der Waals surface area (Å²) in [5.74, 6) is -0.0743. The monoisotopic (exact) mass is 284 g/mol. The minimum absolute atomic E-state index is 0.0743. The molecule has 3 N–H and O–H groups in total. The van der Waals surface area contributed by atoms with E-state index in [4.69, 9.17) is 5.73 Å². The van der Waals surface area contributed by atoms with E-state index in [2.05, 4.69) is 10.2 Å². The molecule has 0 aliphatic heterocycles. The number of benzene rings is 1. The Morgan fingerprint density at radius 2 is 2.10 bits per heavy atom. The van der Waals surface area contributed by atoms with E-state index in [0.29, 0.717) is 24.0 Å². The number of carbonyl (C=O) groups is 1. The molecule has 0 bridgehead atoms. The number of aryl methyl sites for hydroxylation is 1. The maximum atomic E-state index is 12.7. The fraction of sp³-hybridized carbons (Fsp3) is 0.375. The maximum Gasteiger partial charge on any atom is 0.277 e. The SMILES string of the molecule is CCc1[nH]nc(C(=O)N(Cc2ccccc2)C2CC2)c1N. The molecule has 3 rings (SSSR count). The number of nitrogen functional groups attached to an aromatic ring is 1. The highest BCUT2D eigenvalue weighted by Crippen LogP contribution is 2.30. The molecule has 1 aromatic heterocycles. The van der Waals surface area contributed by atoms with Gasteiger partial charge in [0.2, 0.25) is 0 Å². The van der Waals surface area contributed by atoms with Crippen molar-refractivity contribution in [2.45, 2.75) is 38.8 Å². The first-order valence-electron chi connectivity index (χ1n) is 7.38. The highest BCUT2D eigenvalue weighted by molar-refractivity contribution is 5.98. The van der Waals surface area contributed by atoms with Crippen molar-refractivity contribution in [3.63, 3.8) is 0 Å². The van der Waals surface area contributed by atoms with Crippen molar-refractivity contribution >= 4 is 11.6 Å². The Balaban J connectivity index is 1.83. The Bertz CT molecular complexity index is 631. The molecule has 5 heteroatoms. The molecule has 1 saturated carbocycles. The third kappa shape index (κ3) is 2.77. The number of aromatic nitrogens is 2. The van der Waals surface area contributed by atoms with Crippen molar-refractivity contribution in [1.82, 2.24) is 15.1 Å². The van der Waals surface area contributed by atoms with E-state index in [0.717, 1.165) is 30.5 Å². The maximum absolute atomic E-state index is 12.7. The molecule has 0 unspecified atom stereocenters. The summed E-state index contributed by atoms with van der Waals surface area (Å²) in [6.45, 7) is 2.60. The number of H-pyrrole nitrogens is 1. The van der Waals surface area contributed by atoms with Crippen LogP contribution in [-0.2, 0) is 13.0 Å². The fourth-order valence-corrected chi connectivity index (χ4v) is 2.49. The minimum Gasteiger partial charge on any atom is -0.395 e. The molecule has 0 radical (unpaired) electrons. The van der Waals surface area contributed by atoms with Gasteiger partial charge >= 0.3 is 0 Å². The van der Waals surface area contributed by atoms with Gasteiger partial charge in [0.15, 0.2) is 5.69 Å². The van der Waals surface area contributed by atoms with Crippen LogP contribution in [0.25, 0.3) is 0 Å². The third-order valence-electron chi connectivity index (χ3n) is 3.88. The second-order valence-corrected chi connectivity index (χ2v) is 5.47. The van der Waals surface area contributed by atoms with Gasteiger partial charge in [-0.05, 0) is 24.8 Å². The van der Waals surface area contributed by atoms with Gasteiger partial charge in [-0.15, -0.1) is 0 Å². The molecule has 1 fully saturated rings. The molecule has 1 aromatic carbocycles. The van der Waals surface area contributed by atoms with Crippen molar-refractivity contribution in [2.75, 3.05) is 5.73 Å². The number of nitrogens with zero attached hydrogens (tertiary/aromatic N) is 2. The van der Waals surface area contributed by atoms with Gasteiger partial charge < -0.3 is 10.6 Å². The number of rotatable bonds is 5. The molecule has 21 heavy (non-hydrogen) atoms. The van der Waals surface area contributed by atoms with E-state index >= 15 is 0 Å². The van der Waals surface area contributed by atoms with Crippen molar-refractivity contribution in [3.8, 4) is 0 Å². The van der Waals surface area contributed by atoms with Gasteiger partial charge in [-0.1, -0.05) is 37.3 Å². The van der Waals surface area contributed by atoms with Crippen molar-refractivity contribution in [2.24, 2.45) is 0 Å². The number of nitrogens with one attached hydrogen (secondary N) is 1. The molecule has 5 nitrogen and oxygen atoms in total. The zero-order valence-electron chi connectivity index (χ0n) is 12.2. The van der Waals surface area contributed by atoms with Crippen LogP contribution in [0, 0.1) is 0 Å². The van der Waals surface area contributed by atoms with Crippen LogP contribution in [0.4, 0.5) is 5.69 Å². The number of carbonyl (C=O) groups excluding carboxylic acids is 1. The topological polar surface area (TPSA) is 75.0 Å². The summed E-state index contributed by atoms with van der Waals surface area (Å²) in [5.41, 5.74) is 8.82. The highest BCUT2D eigenvalue weighted by atomic mass is 16.2. The third-order valence-corrected chi connectivity index (χ3v) is 3.88. The summed E-state index contributed by atoms with van der Waals surface area (Å²) in [6, 6.07) is 10.3.